The van der Waals surface area contributed by atoms with Crippen molar-refractivity contribution in [2.24, 2.45) is 5.92 Å². The second-order valence-electron chi connectivity index (χ2n) is 9.04. The van der Waals surface area contributed by atoms with E-state index >= 15 is 0 Å². The largest absolute Gasteiger partial charge is 0.333 e. The predicted molar refractivity (Wildman–Crippen MR) is 126 cm³/mol. The number of hydrogen-bond donors (Lipinski definition) is 0. The molecule has 0 saturated heterocycles. The van der Waals surface area contributed by atoms with Gasteiger partial charge in [0.2, 0.25) is 11.8 Å². The molecular formula is C26H33FN2O2S. The first-order valence-electron chi connectivity index (χ1n) is 12.0. The molecule has 2 heterocycles. The Morgan fingerprint density at radius 2 is 1.88 bits per heavy atom. The Balaban J connectivity index is 1.56. The Labute approximate surface area is 194 Å². The lowest BCUT2D eigenvalue weighted by molar-refractivity contribution is -0.144. The molecule has 1 aliphatic heterocycles. The maximum absolute atomic E-state index is 13.6. The van der Waals surface area contributed by atoms with Gasteiger partial charge in [-0.05, 0) is 60.4 Å². The van der Waals surface area contributed by atoms with Crippen molar-refractivity contribution in [1.82, 2.24) is 9.80 Å². The van der Waals surface area contributed by atoms with Crippen LogP contribution in [0.3, 0.4) is 0 Å². The van der Waals surface area contributed by atoms with Crippen LogP contribution in [-0.2, 0) is 16.0 Å². The van der Waals surface area contributed by atoms with E-state index in [1.165, 1.54) is 23.4 Å². The van der Waals surface area contributed by atoms with E-state index in [0.717, 1.165) is 56.1 Å². The highest BCUT2D eigenvalue weighted by atomic mass is 32.1. The van der Waals surface area contributed by atoms with Crippen LogP contribution in [0.5, 0.6) is 0 Å². The smallest absolute Gasteiger partial charge is 0.242 e. The van der Waals surface area contributed by atoms with Gasteiger partial charge in [0.25, 0.3) is 0 Å². The van der Waals surface area contributed by atoms with E-state index in [-0.39, 0.29) is 36.1 Å². The van der Waals surface area contributed by atoms with Gasteiger partial charge >= 0.3 is 0 Å². The van der Waals surface area contributed by atoms with Gasteiger partial charge < -0.3 is 9.80 Å². The molecule has 1 aromatic carbocycles. The zero-order valence-corrected chi connectivity index (χ0v) is 19.7. The fourth-order valence-corrected chi connectivity index (χ4v) is 5.97. The van der Waals surface area contributed by atoms with Crippen LogP contribution >= 0.6 is 11.3 Å². The van der Waals surface area contributed by atoms with E-state index in [9.17, 15) is 14.0 Å². The van der Waals surface area contributed by atoms with E-state index in [4.69, 9.17) is 0 Å². The Morgan fingerprint density at radius 3 is 2.59 bits per heavy atom. The number of halogens is 1. The average Bonchev–Trinajstić information content (AvgIpc) is 3.30. The molecule has 32 heavy (non-hydrogen) atoms. The average molecular weight is 457 g/mol. The van der Waals surface area contributed by atoms with E-state index < -0.39 is 0 Å². The number of benzene rings is 1. The summed E-state index contributed by atoms with van der Waals surface area (Å²) in [6.45, 7) is 3.49. The number of fused-ring (bicyclic) bond motifs is 1. The molecule has 1 atom stereocenters. The molecule has 2 aromatic rings. The van der Waals surface area contributed by atoms with E-state index in [2.05, 4.69) is 18.4 Å². The van der Waals surface area contributed by atoms with Gasteiger partial charge in [-0.3, -0.25) is 9.59 Å². The minimum Gasteiger partial charge on any atom is -0.333 e. The Morgan fingerprint density at radius 1 is 1.12 bits per heavy atom. The fraction of sp³-hybridized carbons (Fsp3) is 0.538. The molecule has 6 heteroatoms. The Kier molecular flexibility index (Phi) is 7.61. The van der Waals surface area contributed by atoms with Gasteiger partial charge in [0.05, 0.1) is 12.6 Å². The lowest BCUT2D eigenvalue weighted by Gasteiger charge is -2.38. The topological polar surface area (TPSA) is 40.6 Å². The Bertz CT molecular complexity index is 920. The second-order valence-corrected chi connectivity index (χ2v) is 10.0. The molecule has 1 saturated carbocycles. The summed E-state index contributed by atoms with van der Waals surface area (Å²) in [5, 5.41) is 2.06. The van der Waals surface area contributed by atoms with Gasteiger partial charge in [-0.25, -0.2) is 4.39 Å². The van der Waals surface area contributed by atoms with Crippen LogP contribution in [0, 0.1) is 11.7 Å². The van der Waals surface area contributed by atoms with Crippen molar-refractivity contribution in [3.63, 3.8) is 0 Å². The zero-order valence-electron chi connectivity index (χ0n) is 18.9. The summed E-state index contributed by atoms with van der Waals surface area (Å²) in [7, 11) is 0. The first-order chi connectivity index (χ1) is 15.6. The van der Waals surface area contributed by atoms with Crippen LogP contribution < -0.4 is 0 Å². The number of unbranched alkanes of at least 4 members (excludes halogenated alkanes) is 1. The van der Waals surface area contributed by atoms with Crippen LogP contribution in [0.2, 0.25) is 0 Å². The van der Waals surface area contributed by atoms with Crippen LogP contribution in [-0.4, -0.2) is 41.2 Å². The molecule has 0 spiro atoms. The first-order valence-corrected chi connectivity index (χ1v) is 12.9. The van der Waals surface area contributed by atoms with Gasteiger partial charge in [-0.1, -0.05) is 44.7 Å². The predicted octanol–water partition coefficient (Wildman–Crippen LogP) is 5.57. The van der Waals surface area contributed by atoms with Crippen LogP contribution in [0.1, 0.15) is 73.9 Å². The van der Waals surface area contributed by atoms with Crippen LogP contribution in [0.15, 0.2) is 35.7 Å². The van der Waals surface area contributed by atoms with Gasteiger partial charge in [0, 0.05) is 23.9 Å². The quantitative estimate of drug-likeness (QED) is 0.546. The van der Waals surface area contributed by atoms with Crippen molar-refractivity contribution in [3.05, 3.63) is 57.5 Å². The van der Waals surface area contributed by atoms with E-state index in [0.29, 0.717) is 13.1 Å². The van der Waals surface area contributed by atoms with Gasteiger partial charge in [0.15, 0.2) is 0 Å². The summed E-state index contributed by atoms with van der Waals surface area (Å²) in [5.41, 5.74) is 2.04. The normalized spacial score (nSPS) is 18.9. The summed E-state index contributed by atoms with van der Waals surface area (Å²) in [4.78, 5) is 31.9. The summed E-state index contributed by atoms with van der Waals surface area (Å²) in [6, 6.07) is 8.31. The zero-order chi connectivity index (χ0) is 22.5. The van der Waals surface area contributed by atoms with Crippen molar-refractivity contribution >= 4 is 23.2 Å². The molecule has 0 bridgehead atoms. The molecule has 2 aliphatic rings. The minimum absolute atomic E-state index is 0.0172. The van der Waals surface area contributed by atoms with Gasteiger partial charge in [-0.2, -0.15) is 0 Å². The van der Waals surface area contributed by atoms with Crippen molar-refractivity contribution in [2.75, 3.05) is 19.6 Å². The summed E-state index contributed by atoms with van der Waals surface area (Å²) in [5.74, 6) is -0.0857. The highest BCUT2D eigenvalue weighted by molar-refractivity contribution is 7.10. The number of rotatable bonds is 7. The number of hydrogen-bond acceptors (Lipinski definition) is 3. The first kappa shape index (κ1) is 23.0. The number of carbonyl (C=O) groups excluding carboxylic acids is 2. The SMILES string of the molecule is CCCCN(CC(=O)N1CCc2sccc2C1c1ccc(F)cc1)C(=O)C1CCCCC1. The highest BCUT2D eigenvalue weighted by Crippen LogP contribution is 2.38. The molecular weight excluding hydrogens is 423 g/mol. The van der Waals surface area contributed by atoms with Crippen molar-refractivity contribution < 1.29 is 14.0 Å². The second kappa shape index (κ2) is 10.6. The van der Waals surface area contributed by atoms with E-state index in [1.54, 1.807) is 23.5 Å². The van der Waals surface area contributed by atoms with Gasteiger partial charge in [0.1, 0.15) is 5.82 Å². The third kappa shape index (κ3) is 5.06. The van der Waals surface area contributed by atoms with Crippen molar-refractivity contribution in [3.8, 4) is 0 Å². The molecule has 1 aliphatic carbocycles. The molecule has 1 aromatic heterocycles. The number of carbonyl (C=O) groups is 2. The molecule has 4 nitrogen and oxygen atoms in total. The summed E-state index contributed by atoms with van der Waals surface area (Å²) >= 11 is 1.71. The monoisotopic (exact) mass is 456 g/mol. The van der Waals surface area contributed by atoms with Gasteiger partial charge in [-0.15, -0.1) is 11.3 Å². The number of thiophene rings is 1. The molecule has 1 unspecified atom stereocenters. The minimum atomic E-state index is -0.281. The summed E-state index contributed by atoms with van der Waals surface area (Å²) in [6.07, 6.45) is 8.00. The summed E-state index contributed by atoms with van der Waals surface area (Å²) < 4.78 is 13.6. The molecule has 0 N–H and O–H groups in total. The maximum Gasteiger partial charge on any atom is 0.242 e. The Hall–Kier alpha value is -2.21. The lowest BCUT2D eigenvalue weighted by atomic mass is 9.88. The molecule has 1 fully saturated rings. The maximum atomic E-state index is 13.6. The number of nitrogens with zero attached hydrogens (tertiary/aromatic N) is 2. The van der Waals surface area contributed by atoms with Crippen molar-refractivity contribution in [2.45, 2.75) is 64.3 Å². The molecule has 172 valence electrons. The van der Waals surface area contributed by atoms with Crippen LogP contribution in [0.25, 0.3) is 0 Å². The fourth-order valence-electron chi connectivity index (χ4n) is 5.07. The lowest BCUT2D eigenvalue weighted by Crippen LogP contribution is -2.48. The van der Waals surface area contributed by atoms with Crippen molar-refractivity contribution in [1.29, 1.82) is 0 Å². The number of amides is 2. The standard InChI is InChI=1S/C26H33FN2O2S/c1-2-3-15-28(26(31)20-7-5-4-6-8-20)18-24(30)29-16-13-23-22(14-17-32-23)25(29)19-9-11-21(27)12-10-19/h9-12,14,17,20,25H,2-8,13,15-16,18H2,1H3. The molecule has 4 rings (SSSR count). The van der Waals surface area contributed by atoms with E-state index in [1.807, 2.05) is 9.80 Å². The third-order valence-corrected chi connectivity index (χ3v) is 7.84. The third-order valence-electron chi connectivity index (χ3n) is 6.85. The van der Waals surface area contributed by atoms with Crippen LogP contribution in [0.4, 0.5) is 4.39 Å². The highest BCUT2D eigenvalue weighted by Gasteiger charge is 2.35. The molecule has 0 radical (unpaired) electrons. The molecule has 2 amide bonds.